The molecule has 1 rings (SSSR count). The summed E-state index contributed by atoms with van der Waals surface area (Å²) in [5, 5.41) is 20.9. The summed E-state index contributed by atoms with van der Waals surface area (Å²) in [5.74, 6) is -7.69. The second-order valence-corrected chi connectivity index (χ2v) is 3.83. The number of nitro benzene ring substituents is 1. The number of benzene rings is 1. The average Bonchev–Trinajstić information content (AvgIpc) is 2.36. The summed E-state index contributed by atoms with van der Waals surface area (Å²) in [7, 11) is 0. The highest BCUT2D eigenvalue weighted by Gasteiger charge is 2.40. The van der Waals surface area contributed by atoms with Gasteiger partial charge in [-0.15, -0.1) is 0 Å². The van der Waals surface area contributed by atoms with E-state index in [-0.39, 0.29) is 6.07 Å². The first-order valence-corrected chi connectivity index (χ1v) is 5.17. The van der Waals surface area contributed by atoms with Crippen molar-refractivity contribution in [1.82, 2.24) is 0 Å². The highest BCUT2D eigenvalue weighted by molar-refractivity contribution is 5.93. The number of hydrogen-bond acceptors (Lipinski definition) is 4. The van der Waals surface area contributed by atoms with Crippen molar-refractivity contribution in [2.75, 3.05) is 11.9 Å². The highest BCUT2D eigenvalue weighted by Crippen LogP contribution is 2.28. The zero-order valence-electron chi connectivity index (χ0n) is 9.95. The fraction of sp³-hybridized carbons (Fsp3) is 0.300. The quantitative estimate of drug-likeness (QED) is 0.478. The lowest BCUT2D eigenvalue weighted by Crippen LogP contribution is -2.35. The van der Waals surface area contributed by atoms with Gasteiger partial charge < -0.3 is 10.4 Å². The number of carbonyl (C=O) groups is 1. The molecular weight excluding hydrogens is 307 g/mol. The SMILES string of the molecule is O=C(O)c1cc(NCC(F)(F)C(F)F)c(F)cc1[N+](=O)[O-]. The van der Waals surface area contributed by atoms with Gasteiger partial charge in [-0.2, -0.15) is 8.78 Å². The first-order valence-electron chi connectivity index (χ1n) is 5.17. The molecule has 0 saturated heterocycles. The van der Waals surface area contributed by atoms with Gasteiger partial charge in [0.2, 0.25) is 0 Å². The second-order valence-electron chi connectivity index (χ2n) is 3.83. The molecular formula is C10H7F5N2O4. The molecule has 2 N–H and O–H groups in total. The van der Waals surface area contributed by atoms with E-state index in [2.05, 4.69) is 0 Å². The Labute approximate surface area is 113 Å². The largest absolute Gasteiger partial charge is 0.477 e. The molecule has 0 radical (unpaired) electrons. The monoisotopic (exact) mass is 314 g/mol. The van der Waals surface area contributed by atoms with Crippen molar-refractivity contribution < 1.29 is 36.8 Å². The summed E-state index contributed by atoms with van der Waals surface area (Å²) in [6.45, 7) is -1.67. The summed E-state index contributed by atoms with van der Waals surface area (Å²) < 4.78 is 62.6. The summed E-state index contributed by atoms with van der Waals surface area (Å²) in [6, 6.07) is 0.587. The van der Waals surface area contributed by atoms with Crippen LogP contribution in [0.2, 0.25) is 0 Å². The number of alkyl halides is 4. The molecule has 0 fully saturated rings. The maximum atomic E-state index is 13.4. The Morgan fingerprint density at radius 2 is 2.00 bits per heavy atom. The second kappa shape index (κ2) is 5.89. The molecule has 0 aromatic heterocycles. The lowest BCUT2D eigenvalue weighted by atomic mass is 10.1. The summed E-state index contributed by atoms with van der Waals surface area (Å²) in [4.78, 5) is 20.1. The fourth-order valence-electron chi connectivity index (χ4n) is 1.31. The van der Waals surface area contributed by atoms with Crippen molar-refractivity contribution in [2.24, 2.45) is 0 Å². The van der Waals surface area contributed by atoms with Crippen molar-refractivity contribution >= 4 is 17.3 Å². The summed E-state index contributed by atoms with van der Waals surface area (Å²) in [6.07, 6.45) is -4.01. The van der Waals surface area contributed by atoms with E-state index >= 15 is 0 Å². The maximum absolute atomic E-state index is 13.4. The van der Waals surface area contributed by atoms with Crippen LogP contribution in [-0.4, -0.2) is 34.9 Å². The molecule has 0 aliphatic carbocycles. The number of nitrogens with zero attached hydrogens (tertiary/aromatic N) is 1. The van der Waals surface area contributed by atoms with E-state index in [4.69, 9.17) is 5.11 Å². The van der Waals surface area contributed by atoms with Crippen molar-refractivity contribution in [3.8, 4) is 0 Å². The molecule has 0 bridgehead atoms. The van der Waals surface area contributed by atoms with Gasteiger partial charge in [-0.3, -0.25) is 10.1 Å². The number of hydrogen-bond donors (Lipinski definition) is 2. The van der Waals surface area contributed by atoms with E-state index in [9.17, 15) is 36.9 Å². The third-order valence-electron chi connectivity index (χ3n) is 2.35. The van der Waals surface area contributed by atoms with Crippen molar-refractivity contribution in [3.63, 3.8) is 0 Å². The van der Waals surface area contributed by atoms with Crippen molar-refractivity contribution in [3.05, 3.63) is 33.6 Å². The molecule has 0 atom stereocenters. The molecule has 0 aliphatic heterocycles. The fourth-order valence-corrected chi connectivity index (χ4v) is 1.31. The van der Waals surface area contributed by atoms with Gasteiger partial charge in [-0.05, 0) is 6.07 Å². The number of rotatable bonds is 6. The first-order chi connectivity index (χ1) is 9.56. The Morgan fingerprint density at radius 1 is 1.43 bits per heavy atom. The van der Waals surface area contributed by atoms with Crippen LogP contribution >= 0.6 is 0 Å². The van der Waals surface area contributed by atoms with E-state index in [0.717, 1.165) is 0 Å². The normalized spacial score (nSPS) is 11.5. The number of anilines is 1. The lowest BCUT2D eigenvalue weighted by Gasteiger charge is -2.17. The molecule has 0 heterocycles. The summed E-state index contributed by atoms with van der Waals surface area (Å²) in [5.41, 5.74) is -2.92. The predicted molar refractivity (Wildman–Crippen MR) is 59.5 cm³/mol. The number of carboxylic acids is 1. The molecule has 1 aromatic rings. The molecule has 11 heteroatoms. The van der Waals surface area contributed by atoms with Crippen molar-refractivity contribution in [1.29, 1.82) is 0 Å². The zero-order chi connectivity index (χ0) is 16.4. The van der Waals surface area contributed by atoms with Gasteiger partial charge >= 0.3 is 18.3 Å². The smallest absolute Gasteiger partial charge is 0.342 e. The number of nitrogens with one attached hydrogen (secondary N) is 1. The Hall–Kier alpha value is -2.46. The minimum absolute atomic E-state index is 0.201. The first kappa shape index (κ1) is 16.6. The van der Waals surface area contributed by atoms with Crippen LogP contribution in [-0.2, 0) is 0 Å². The number of halogens is 5. The van der Waals surface area contributed by atoms with Gasteiger partial charge in [-0.25, -0.2) is 18.0 Å². The van der Waals surface area contributed by atoms with E-state index in [1.165, 1.54) is 0 Å². The molecule has 6 nitrogen and oxygen atoms in total. The van der Waals surface area contributed by atoms with E-state index in [1.54, 1.807) is 5.32 Å². The Kier molecular flexibility index (Phi) is 4.66. The van der Waals surface area contributed by atoms with Crippen LogP contribution in [0.15, 0.2) is 12.1 Å². The predicted octanol–water partition coefficient (Wildman–Crippen LogP) is 2.74. The van der Waals surface area contributed by atoms with Crippen LogP contribution in [0.25, 0.3) is 0 Å². The van der Waals surface area contributed by atoms with Gasteiger partial charge in [0, 0.05) is 0 Å². The lowest BCUT2D eigenvalue weighted by molar-refractivity contribution is -0.385. The van der Waals surface area contributed by atoms with E-state index in [1.807, 2.05) is 0 Å². The molecule has 0 saturated carbocycles. The molecule has 0 unspecified atom stereocenters. The third-order valence-corrected chi connectivity index (χ3v) is 2.35. The number of aromatic carboxylic acids is 1. The van der Waals surface area contributed by atoms with E-state index in [0.29, 0.717) is 6.07 Å². The molecule has 0 aliphatic rings. The Morgan fingerprint density at radius 3 is 2.43 bits per heavy atom. The van der Waals surface area contributed by atoms with Gasteiger partial charge in [0.25, 0.3) is 5.69 Å². The summed E-state index contributed by atoms with van der Waals surface area (Å²) >= 11 is 0. The molecule has 1 aromatic carbocycles. The van der Waals surface area contributed by atoms with Crippen LogP contribution in [0.4, 0.5) is 33.3 Å². The topological polar surface area (TPSA) is 92.5 Å². The minimum Gasteiger partial charge on any atom is -0.477 e. The van der Waals surface area contributed by atoms with Crippen molar-refractivity contribution in [2.45, 2.75) is 12.3 Å². The van der Waals surface area contributed by atoms with Gasteiger partial charge in [-0.1, -0.05) is 0 Å². The van der Waals surface area contributed by atoms with Crippen LogP contribution < -0.4 is 5.32 Å². The molecule has 116 valence electrons. The average molecular weight is 314 g/mol. The van der Waals surface area contributed by atoms with Crippen LogP contribution in [0.1, 0.15) is 10.4 Å². The van der Waals surface area contributed by atoms with Gasteiger partial charge in [0.05, 0.1) is 23.2 Å². The number of nitro groups is 1. The van der Waals surface area contributed by atoms with E-state index < -0.39 is 52.5 Å². The molecule has 0 spiro atoms. The Bertz CT molecular complexity index is 579. The van der Waals surface area contributed by atoms with Gasteiger partial charge in [0.1, 0.15) is 5.56 Å². The highest BCUT2D eigenvalue weighted by atomic mass is 19.3. The van der Waals surface area contributed by atoms with Gasteiger partial charge in [0.15, 0.2) is 5.82 Å². The zero-order valence-corrected chi connectivity index (χ0v) is 9.95. The number of carboxylic acid groups (broad SMARTS) is 1. The maximum Gasteiger partial charge on any atom is 0.342 e. The van der Waals surface area contributed by atoms with Crippen LogP contribution in [0.5, 0.6) is 0 Å². The van der Waals surface area contributed by atoms with Crippen LogP contribution in [0, 0.1) is 15.9 Å². The minimum atomic E-state index is -4.47. The Balaban J connectivity index is 3.12. The molecule has 0 amide bonds. The molecule has 21 heavy (non-hydrogen) atoms. The van der Waals surface area contributed by atoms with Crippen LogP contribution in [0.3, 0.4) is 0 Å². The standard InChI is InChI=1S/C10H7F5N2O4/c11-5-2-7(17(20)21)4(8(18)19)1-6(5)16-3-10(14,15)9(12)13/h1-2,9,16H,3H2,(H,18,19). The third kappa shape index (κ3) is 3.77.